The molecular formula is C23H23FN4O. The van der Waals surface area contributed by atoms with Crippen molar-refractivity contribution in [2.45, 2.75) is 26.3 Å². The number of nitrogens with one attached hydrogen (secondary N) is 2. The van der Waals surface area contributed by atoms with Crippen LogP contribution in [-0.4, -0.2) is 27.2 Å². The summed E-state index contributed by atoms with van der Waals surface area (Å²) in [6.07, 6.45) is 3.49. The van der Waals surface area contributed by atoms with Gasteiger partial charge in [-0.1, -0.05) is 36.4 Å². The van der Waals surface area contributed by atoms with Gasteiger partial charge in [-0.05, 0) is 43.5 Å². The van der Waals surface area contributed by atoms with Gasteiger partial charge in [0.2, 0.25) is 0 Å². The molecule has 0 aliphatic carbocycles. The Kier molecular flexibility index (Phi) is 5.42. The molecule has 4 aromatic rings. The van der Waals surface area contributed by atoms with E-state index in [2.05, 4.69) is 15.5 Å². The number of hydrogen-bond acceptors (Lipinski definition) is 2. The second-order valence-corrected chi connectivity index (χ2v) is 7.15. The summed E-state index contributed by atoms with van der Waals surface area (Å²) in [5.41, 5.74) is 4.22. The van der Waals surface area contributed by atoms with Crippen molar-refractivity contribution in [1.82, 2.24) is 20.1 Å². The van der Waals surface area contributed by atoms with Crippen LogP contribution in [0.15, 0.2) is 60.8 Å². The van der Waals surface area contributed by atoms with E-state index in [-0.39, 0.29) is 11.7 Å². The highest BCUT2D eigenvalue weighted by molar-refractivity contribution is 5.98. The molecule has 2 aromatic heterocycles. The molecule has 0 saturated carbocycles. The molecule has 0 atom stereocenters. The zero-order valence-electron chi connectivity index (χ0n) is 16.3. The highest BCUT2D eigenvalue weighted by atomic mass is 19.1. The Balaban J connectivity index is 1.52. The minimum absolute atomic E-state index is 0.151. The first-order chi connectivity index (χ1) is 14.1. The van der Waals surface area contributed by atoms with Gasteiger partial charge < -0.3 is 9.88 Å². The third-order valence-electron chi connectivity index (χ3n) is 5.17. The zero-order valence-corrected chi connectivity index (χ0v) is 16.3. The Hall–Kier alpha value is -3.41. The number of carbonyl (C=O) groups is 1. The lowest BCUT2D eigenvalue weighted by molar-refractivity contribution is 0.0945. The predicted octanol–water partition coefficient (Wildman–Crippen LogP) is 4.22. The highest BCUT2D eigenvalue weighted by Crippen LogP contribution is 2.22. The first kappa shape index (κ1) is 18.9. The molecule has 0 saturated heterocycles. The molecule has 0 fully saturated rings. The quantitative estimate of drug-likeness (QED) is 0.464. The average Bonchev–Trinajstić information content (AvgIpc) is 3.30. The van der Waals surface area contributed by atoms with Crippen molar-refractivity contribution in [1.29, 1.82) is 0 Å². The van der Waals surface area contributed by atoms with Crippen LogP contribution in [0.3, 0.4) is 0 Å². The van der Waals surface area contributed by atoms with E-state index in [1.165, 1.54) is 6.07 Å². The third-order valence-corrected chi connectivity index (χ3v) is 5.17. The Morgan fingerprint density at radius 3 is 2.72 bits per heavy atom. The van der Waals surface area contributed by atoms with Gasteiger partial charge in [0.1, 0.15) is 11.5 Å². The lowest BCUT2D eigenvalue weighted by Gasteiger charge is -2.12. The molecule has 0 unspecified atom stereocenters. The van der Waals surface area contributed by atoms with Crippen molar-refractivity contribution in [2.24, 2.45) is 0 Å². The molecule has 2 heterocycles. The second-order valence-electron chi connectivity index (χ2n) is 7.15. The molecule has 29 heavy (non-hydrogen) atoms. The Morgan fingerprint density at radius 1 is 1.14 bits per heavy atom. The van der Waals surface area contributed by atoms with Crippen LogP contribution in [0.4, 0.5) is 4.39 Å². The van der Waals surface area contributed by atoms with Gasteiger partial charge in [-0.25, -0.2) is 4.39 Å². The van der Waals surface area contributed by atoms with Crippen molar-refractivity contribution in [3.8, 4) is 0 Å². The standard InChI is InChI=1S/C23H23FN4O/c1-16-18(14-26-27-16)9-6-12-25-23(29)22-13-17-7-3-5-11-21(17)28(22)15-19-8-2-4-10-20(19)24/h2-5,7-8,10-11,13-14H,6,9,12,15H2,1H3,(H,25,29)(H,26,27). The predicted molar refractivity (Wildman–Crippen MR) is 111 cm³/mol. The largest absolute Gasteiger partial charge is 0.351 e. The number of aromatic nitrogens is 3. The molecule has 148 valence electrons. The first-order valence-corrected chi connectivity index (χ1v) is 9.72. The summed E-state index contributed by atoms with van der Waals surface area (Å²) in [6, 6.07) is 16.3. The lowest BCUT2D eigenvalue weighted by atomic mass is 10.1. The Bertz CT molecular complexity index is 1140. The normalized spacial score (nSPS) is 11.1. The molecule has 0 spiro atoms. The molecule has 0 radical (unpaired) electrons. The van der Waals surface area contributed by atoms with Gasteiger partial charge >= 0.3 is 0 Å². The van der Waals surface area contributed by atoms with Crippen molar-refractivity contribution in [3.63, 3.8) is 0 Å². The van der Waals surface area contributed by atoms with Gasteiger partial charge in [0.05, 0.1) is 12.7 Å². The summed E-state index contributed by atoms with van der Waals surface area (Å²) in [7, 11) is 0. The fourth-order valence-electron chi connectivity index (χ4n) is 3.56. The Morgan fingerprint density at radius 2 is 1.93 bits per heavy atom. The number of rotatable bonds is 7. The van der Waals surface area contributed by atoms with E-state index in [0.29, 0.717) is 24.3 Å². The van der Waals surface area contributed by atoms with Crippen LogP contribution in [0.25, 0.3) is 10.9 Å². The number of H-pyrrole nitrogens is 1. The third kappa shape index (κ3) is 4.06. The molecule has 0 bridgehead atoms. The van der Waals surface area contributed by atoms with Crippen LogP contribution < -0.4 is 5.32 Å². The number of hydrogen-bond donors (Lipinski definition) is 2. The van der Waals surface area contributed by atoms with Gasteiger partial charge in [0.15, 0.2) is 0 Å². The van der Waals surface area contributed by atoms with E-state index in [1.54, 1.807) is 12.1 Å². The number of amides is 1. The summed E-state index contributed by atoms with van der Waals surface area (Å²) >= 11 is 0. The van der Waals surface area contributed by atoms with Gasteiger partial charge in [-0.15, -0.1) is 0 Å². The van der Waals surface area contributed by atoms with Crippen LogP contribution in [0.1, 0.15) is 33.7 Å². The van der Waals surface area contributed by atoms with Crippen molar-refractivity contribution < 1.29 is 9.18 Å². The van der Waals surface area contributed by atoms with E-state index in [4.69, 9.17) is 0 Å². The topological polar surface area (TPSA) is 62.7 Å². The van der Waals surface area contributed by atoms with Crippen LogP contribution in [0.2, 0.25) is 0 Å². The number of aryl methyl sites for hydroxylation is 2. The fourth-order valence-corrected chi connectivity index (χ4v) is 3.56. The van der Waals surface area contributed by atoms with Crippen LogP contribution in [-0.2, 0) is 13.0 Å². The van der Waals surface area contributed by atoms with E-state index >= 15 is 0 Å². The zero-order chi connectivity index (χ0) is 20.2. The summed E-state index contributed by atoms with van der Waals surface area (Å²) in [5, 5.41) is 10.9. The van der Waals surface area contributed by atoms with Gasteiger partial charge in [0, 0.05) is 28.7 Å². The maximum absolute atomic E-state index is 14.2. The molecule has 6 heteroatoms. The highest BCUT2D eigenvalue weighted by Gasteiger charge is 2.16. The van der Waals surface area contributed by atoms with Crippen LogP contribution in [0, 0.1) is 12.7 Å². The number of halogens is 1. The molecule has 0 aliphatic rings. The second kappa shape index (κ2) is 8.31. The van der Waals surface area contributed by atoms with E-state index in [9.17, 15) is 9.18 Å². The number of para-hydroxylation sites is 1. The van der Waals surface area contributed by atoms with Gasteiger partial charge in [-0.3, -0.25) is 9.89 Å². The monoisotopic (exact) mass is 390 g/mol. The van der Waals surface area contributed by atoms with Crippen molar-refractivity contribution in [2.75, 3.05) is 6.54 Å². The molecule has 4 rings (SSSR count). The summed E-state index contributed by atoms with van der Waals surface area (Å²) in [4.78, 5) is 12.9. The molecule has 2 N–H and O–H groups in total. The molecule has 1 amide bonds. The summed E-state index contributed by atoms with van der Waals surface area (Å²) in [6.45, 7) is 2.85. The molecular weight excluding hydrogens is 367 g/mol. The molecule has 5 nitrogen and oxygen atoms in total. The summed E-state index contributed by atoms with van der Waals surface area (Å²) in [5.74, 6) is -0.423. The maximum Gasteiger partial charge on any atom is 0.267 e. The Labute approximate surface area is 168 Å². The fraction of sp³-hybridized carbons (Fsp3) is 0.217. The van der Waals surface area contributed by atoms with Crippen LogP contribution in [0.5, 0.6) is 0 Å². The number of benzene rings is 2. The SMILES string of the molecule is Cc1[nH]ncc1CCCNC(=O)c1cc2ccccc2n1Cc1ccccc1F. The average molecular weight is 390 g/mol. The molecule has 0 aliphatic heterocycles. The number of nitrogens with zero attached hydrogens (tertiary/aromatic N) is 2. The summed E-state index contributed by atoms with van der Waals surface area (Å²) < 4.78 is 16.1. The van der Waals surface area contributed by atoms with E-state index < -0.39 is 0 Å². The van der Waals surface area contributed by atoms with Gasteiger partial charge in [-0.2, -0.15) is 5.10 Å². The first-order valence-electron chi connectivity index (χ1n) is 9.72. The minimum atomic E-state index is -0.271. The van der Waals surface area contributed by atoms with Crippen LogP contribution >= 0.6 is 0 Å². The van der Waals surface area contributed by atoms with E-state index in [1.807, 2.05) is 54.1 Å². The number of aromatic amines is 1. The van der Waals surface area contributed by atoms with Crippen molar-refractivity contribution in [3.05, 3.63) is 89.1 Å². The minimum Gasteiger partial charge on any atom is -0.351 e. The van der Waals surface area contributed by atoms with Gasteiger partial charge in [0.25, 0.3) is 5.91 Å². The lowest BCUT2D eigenvalue weighted by Crippen LogP contribution is -2.27. The van der Waals surface area contributed by atoms with E-state index in [0.717, 1.165) is 35.0 Å². The number of carbonyl (C=O) groups excluding carboxylic acids is 1. The van der Waals surface area contributed by atoms with Crippen molar-refractivity contribution >= 4 is 16.8 Å². The smallest absolute Gasteiger partial charge is 0.267 e. The number of fused-ring (bicyclic) bond motifs is 1. The molecule has 2 aromatic carbocycles. The maximum atomic E-state index is 14.2.